The van der Waals surface area contributed by atoms with Gasteiger partial charge in [-0.3, -0.25) is 0 Å². The van der Waals surface area contributed by atoms with Crippen LogP contribution in [-0.4, -0.2) is 10.2 Å². The Bertz CT molecular complexity index is 738. The molecule has 0 aliphatic heterocycles. The van der Waals surface area contributed by atoms with Crippen molar-refractivity contribution in [2.45, 2.75) is 52.4 Å². The molecule has 2 rings (SSSR count). The van der Waals surface area contributed by atoms with E-state index in [2.05, 4.69) is 27.0 Å². The zero-order valence-electron chi connectivity index (χ0n) is 16.4. The van der Waals surface area contributed by atoms with Crippen LogP contribution in [0.5, 0.6) is 23.0 Å². The fourth-order valence-corrected chi connectivity index (χ4v) is 3.35. The van der Waals surface area contributed by atoms with Crippen molar-refractivity contribution < 1.29 is 14.9 Å². The van der Waals surface area contributed by atoms with Crippen molar-refractivity contribution in [1.29, 1.82) is 0 Å². The molecule has 144 valence electrons. The van der Waals surface area contributed by atoms with E-state index in [1.807, 2.05) is 24.3 Å². The number of phenols is 2. The Labute approximate surface area is 162 Å². The predicted octanol–water partition coefficient (Wildman–Crippen LogP) is 6.25. The molecule has 27 heavy (non-hydrogen) atoms. The second-order valence-electron chi connectivity index (χ2n) is 6.69. The summed E-state index contributed by atoms with van der Waals surface area (Å²) in [6.07, 6.45) is 8.42. The summed E-state index contributed by atoms with van der Waals surface area (Å²) in [5.41, 5.74) is 3.86. The van der Waals surface area contributed by atoms with E-state index in [4.69, 9.17) is 4.74 Å². The molecule has 0 spiro atoms. The van der Waals surface area contributed by atoms with E-state index in [1.165, 1.54) is 0 Å². The van der Waals surface area contributed by atoms with Crippen molar-refractivity contribution in [3.63, 3.8) is 0 Å². The third-order valence-corrected chi connectivity index (χ3v) is 4.63. The molecule has 2 N–H and O–H groups in total. The smallest absolute Gasteiger partial charge is 0.169 e. The second kappa shape index (κ2) is 9.86. The van der Waals surface area contributed by atoms with E-state index < -0.39 is 0 Å². The van der Waals surface area contributed by atoms with Crippen LogP contribution < -0.4 is 4.74 Å². The maximum absolute atomic E-state index is 10.7. The van der Waals surface area contributed by atoms with Crippen LogP contribution in [0.3, 0.4) is 0 Å². The summed E-state index contributed by atoms with van der Waals surface area (Å²) in [7, 11) is 0. The molecular formula is C24H30O3. The van der Waals surface area contributed by atoms with Crippen molar-refractivity contribution in [2.75, 3.05) is 0 Å². The summed E-state index contributed by atoms with van der Waals surface area (Å²) in [5.74, 6) is 1.01. The van der Waals surface area contributed by atoms with Crippen molar-refractivity contribution in [2.24, 2.45) is 0 Å². The molecule has 0 heterocycles. The zero-order chi connectivity index (χ0) is 19.8. The van der Waals surface area contributed by atoms with Gasteiger partial charge in [0.2, 0.25) is 0 Å². The minimum absolute atomic E-state index is 0.141. The van der Waals surface area contributed by atoms with Crippen LogP contribution in [0.15, 0.2) is 49.6 Å². The SMILES string of the molecule is C=CCc1ccc(Oc2ccc(CC=C)c(CCC)c2O)c(O)c1CCC. The molecule has 0 aliphatic rings. The van der Waals surface area contributed by atoms with Crippen LogP contribution in [0.1, 0.15) is 48.9 Å². The maximum atomic E-state index is 10.7. The van der Waals surface area contributed by atoms with E-state index in [0.29, 0.717) is 24.3 Å². The molecule has 2 aromatic carbocycles. The summed E-state index contributed by atoms with van der Waals surface area (Å²) in [6, 6.07) is 7.42. The van der Waals surface area contributed by atoms with E-state index >= 15 is 0 Å². The molecule has 3 nitrogen and oxygen atoms in total. The molecule has 0 atom stereocenters. The molecule has 0 saturated carbocycles. The van der Waals surface area contributed by atoms with Gasteiger partial charge in [-0.1, -0.05) is 51.0 Å². The van der Waals surface area contributed by atoms with Gasteiger partial charge in [-0.2, -0.15) is 0 Å². The number of allylic oxidation sites excluding steroid dienone is 2. The summed E-state index contributed by atoms with van der Waals surface area (Å²) in [5, 5.41) is 21.5. The first-order chi connectivity index (χ1) is 13.1. The minimum atomic E-state index is 0.141. The number of hydrogen-bond acceptors (Lipinski definition) is 3. The molecule has 0 aliphatic carbocycles. The number of hydrogen-bond donors (Lipinski definition) is 2. The molecular weight excluding hydrogens is 336 g/mol. The average molecular weight is 367 g/mol. The normalized spacial score (nSPS) is 10.6. The van der Waals surface area contributed by atoms with Gasteiger partial charge in [-0.15, -0.1) is 13.2 Å². The topological polar surface area (TPSA) is 49.7 Å². The van der Waals surface area contributed by atoms with Crippen molar-refractivity contribution in [1.82, 2.24) is 0 Å². The summed E-state index contributed by atoms with van der Waals surface area (Å²) in [6.45, 7) is 11.7. The number of aromatic hydroxyl groups is 2. The quantitative estimate of drug-likeness (QED) is 0.488. The third-order valence-electron chi connectivity index (χ3n) is 4.63. The first-order valence-corrected chi connectivity index (χ1v) is 9.64. The van der Waals surface area contributed by atoms with Gasteiger partial charge < -0.3 is 14.9 Å². The van der Waals surface area contributed by atoms with E-state index in [1.54, 1.807) is 12.1 Å². The molecule has 2 aromatic rings. The highest BCUT2D eigenvalue weighted by Gasteiger charge is 2.17. The molecule has 3 heteroatoms. The van der Waals surface area contributed by atoms with Gasteiger partial charge in [0.25, 0.3) is 0 Å². The van der Waals surface area contributed by atoms with E-state index in [-0.39, 0.29) is 11.5 Å². The van der Waals surface area contributed by atoms with Gasteiger partial charge in [-0.25, -0.2) is 0 Å². The van der Waals surface area contributed by atoms with Crippen LogP contribution in [0.4, 0.5) is 0 Å². The van der Waals surface area contributed by atoms with Crippen LogP contribution in [0, 0.1) is 0 Å². The molecule has 0 fully saturated rings. The lowest BCUT2D eigenvalue weighted by atomic mass is 9.98. The van der Waals surface area contributed by atoms with Crippen molar-refractivity contribution >= 4 is 0 Å². The highest BCUT2D eigenvalue weighted by Crippen LogP contribution is 2.41. The fourth-order valence-electron chi connectivity index (χ4n) is 3.35. The standard InChI is InChI=1S/C24H30O3/c1-5-9-17-13-15-21(23(25)19(17)11-7-3)27-22-16-14-18(10-6-2)20(12-8-4)24(22)26/h5-6,13-16,25-26H,1-2,7-12H2,3-4H3. The Hall–Kier alpha value is -2.68. The monoisotopic (exact) mass is 366 g/mol. The Morgan fingerprint density at radius 3 is 1.52 bits per heavy atom. The van der Waals surface area contributed by atoms with Crippen molar-refractivity contribution in [3.8, 4) is 23.0 Å². The van der Waals surface area contributed by atoms with Gasteiger partial charge in [0.15, 0.2) is 23.0 Å². The van der Waals surface area contributed by atoms with Crippen molar-refractivity contribution in [3.05, 3.63) is 71.8 Å². The average Bonchev–Trinajstić information content (AvgIpc) is 2.65. The van der Waals surface area contributed by atoms with Gasteiger partial charge in [0, 0.05) is 11.1 Å². The minimum Gasteiger partial charge on any atom is -0.504 e. The Morgan fingerprint density at radius 2 is 1.19 bits per heavy atom. The lowest BCUT2D eigenvalue weighted by Gasteiger charge is -2.17. The Balaban J connectivity index is 2.44. The summed E-state index contributed by atoms with van der Waals surface area (Å²) < 4.78 is 5.93. The third kappa shape index (κ3) is 4.73. The predicted molar refractivity (Wildman–Crippen MR) is 112 cm³/mol. The summed E-state index contributed by atoms with van der Waals surface area (Å²) in [4.78, 5) is 0. The number of rotatable bonds is 10. The largest absolute Gasteiger partial charge is 0.504 e. The lowest BCUT2D eigenvalue weighted by molar-refractivity contribution is 0.379. The van der Waals surface area contributed by atoms with Crippen LogP contribution in [0.2, 0.25) is 0 Å². The second-order valence-corrected chi connectivity index (χ2v) is 6.69. The fraction of sp³-hybridized carbons (Fsp3) is 0.333. The van der Waals surface area contributed by atoms with E-state index in [9.17, 15) is 10.2 Å². The summed E-state index contributed by atoms with van der Waals surface area (Å²) >= 11 is 0. The number of ether oxygens (including phenoxy) is 1. The lowest BCUT2D eigenvalue weighted by Crippen LogP contribution is -1.98. The first kappa shape index (κ1) is 20.6. The van der Waals surface area contributed by atoms with Crippen LogP contribution in [-0.2, 0) is 25.7 Å². The molecule has 0 amide bonds. The zero-order valence-corrected chi connectivity index (χ0v) is 16.4. The highest BCUT2D eigenvalue weighted by atomic mass is 16.5. The number of phenolic OH excluding ortho intramolecular Hbond substituents is 2. The van der Waals surface area contributed by atoms with Gasteiger partial charge >= 0.3 is 0 Å². The molecule has 0 saturated heterocycles. The number of benzene rings is 2. The first-order valence-electron chi connectivity index (χ1n) is 9.64. The van der Waals surface area contributed by atoms with E-state index in [0.717, 1.165) is 47.9 Å². The van der Waals surface area contributed by atoms with Crippen LogP contribution in [0.25, 0.3) is 0 Å². The maximum Gasteiger partial charge on any atom is 0.169 e. The highest BCUT2D eigenvalue weighted by molar-refractivity contribution is 5.56. The Kier molecular flexibility index (Phi) is 7.54. The van der Waals surface area contributed by atoms with Gasteiger partial charge in [0.05, 0.1) is 0 Å². The molecule has 0 aromatic heterocycles. The Morgan fingerprint density at radius 1 is 0.778 bits per heavy atom. The van der Waals surface area contributed by atoms with Crippen LogP contribution >= 0.6 is 0 Å². The van der Waals surface area contributed by atoms with Gasteiger partial charge in [0.1, 0.15) is 0 Å². The molecule has 0 radical (unpaired) electrons. The molecule has 0 unspecified atom stereocenters. The molecule has 0 bridgehead atoms. The van der Waals surface area contributed by atoms with Gasteiger partial charge in [-0.05, 0) is 48.9 Å².